The molecule has 6 rings (SSSR count). The molecule has 160 valence electrons. The van der Waals surface area contributed by atoms with E-state index in [1.807, 2.05) is 79.7 Å². The lowest BCUT2D eigenvalue weighted by Gasteiger charge is -2.16. The molecular formula is C25H18N6O2. The Morgan fingerprint density at radius 1 is 0.758 bits per heavy atom. The van der Waals surface area contributed by atoms with E-state index < -0.39 is 5.56 Å². The van der Waals surface area contributed by atoms with Gasteiger partial charge >= 0.3 is 6.01 Å². The predicted octanol–water partition coefficient (Wildman–Crippen LogP) is 5.23. The lowest BCUT2D eigenvalue weighted by Crippen LogP contribution is -2.18. The van der Waals surface area contributed by atoms with Crippen LogP contribution in [-0.4, -0.2) is 24.9 Å². The van der Waals surface area contributed by atoms with Crippen molar-refractivity contribution in [3.63, 3.8) is 0 Å². The topological polar surface area (TPSA) is 104 Å². The molecule has 3 aromatic carbocycles. The molecule has 0 radical (unpaired) electrons. The molecule has 0 amide bonds. The predicted molar refractivity (Wildman–Crippen MR) is 127 cm³/mol. The number of benzene rings is 3. The van der Waals surface area contributed by atoms with E-state index in [9.17, 15) is 4.79 Å². The summed E-state index contributed by atoms with van der Waals surface area (Å²) in [5.74, 6) is 1.25. The SMILES string of the molecule is Cc1ccc(-c2cc(=O)nc(N(c3nc4ccccc4[nH]3)c3nc4ccccc4[nH]3)o2)cc1. The Hall–Kier alpha value is -4.72. The Morgan fingerprint density at radius 2 is 1.33 bits per heavy atom. The van der Waals surface area contributed by atoms with E-state index in [4.69, 9.17) is 4.42 Å². The monoisotopic (exact) mass is 434 g/mol. The molecule has 0 aliphatic carbocycles. The highest BCUT2D eigenvalue weighted by atomic mass is 16.4. The Bertz CT molecular complexity index is 1520. The van der Waals surface area contributed by atoms with Gasteiger partial charge in [-0.15, -0.1) is 0 Å². The molecule has 0 fully saturated rings. The number of hydrogen-bond acceptors (Lipinski definition) is 6. The van der Waals surface area contributed by atoms with Crippen LogP contribution in [0, 0.1) is 6.92 Å². The van der Waals surface area contributed by atoms with Crippen LogP contribution in [0.1, 0.15) is 5.56 Å². The summed E-state index contributed by atoms with van der Waals surface area (Å²) in [6.45, 7) is 2.00. The minimum Gasteiger partial charge on any atom is -0.424 e. The largest absolute Gasteiger partial charge is 0.424 e. The molecule has 0 saturated carbocycles. The van der Waals surface area contributed by atoms with Gasteiger partial charge in [-0.05, 0) is 31.2 Å². The molecule has 0 aliphatic heterocycles. The number of H-pyrrole nitrogens is 2. The highest BCUT2D eigenvalue weighted by Gasteiger charge is 2.24. The molecule has 8 nitrogen and oxygen atoms in total. The minimum atomic E-state index is -0.427. The molecule has 3 aromatic heterocycles. The standard InChI is InChI=1S/C25H18N6O2/c1-15-10-12-16(13-11-15)21-14-22(32)30-25(33-21)31(23-26-17-6-2-3-7-18(17)27-23)24-28-19-8-4-5-9-20(19)29-24/h2-14H,1H3,(H,26,27)(H,28,29). The summed E-state index contributed by atoms with van der Waals surface area (Å²) in [5, 5.41) is 0. The summed E-state index contributed by atoms with van der Waals surface area (Å²) in [7, 11) is 0. The Morgan fingerprint density at radius 3 is 1.91 bits per heavy atom. The first kappa shape index (κ1) is 19.0. The van der Waals surface area contributed by atoms with Gasteiger partial charge in [0.2, 0.25) is 11.9 Å². The van der Waals surface area contributed by atoms with Gasteiger partial charge in [0.05, 0.1) is 22.1 Å². The van der Waals surface area contributed by atoms with Gasteiger partial charge in [-0.25, -0.2) is 14.9 Å². The quantitative estimate of drug-likeness (QED) is 0.394. The van der Waals surface area contributed by atoms with Crippen LogP contribution in [0.3, 0.4) is 0 Å². The molecule has 0 aliphatic rings. The fraction of sp³-hybridized carbons (Fsp3) is 0.0400. The van der Waals surface area contributed by atoms with Crippen molar-refractivity contribution >= 4 is 40.0 Å². The van der Waals surface area contributed by atoms with Gasteiger partial charge in [-0.3, -0.25) is 4.79 Å². The molecule has 3 heterocycles. The smallest absolute Gasteiger partial charge is 0.315 e. The average Bonchev–Trinajstić information content (AvgIpc) is 3.43. The number of para-hydroxylation sites is 4. The third-order valence-electron chi connectivity index (χ3n) is 5.37. The maximum atomic E-state index is 12.6. The maximum Gasteiger partial charge on any atom is 0.315 e. The van der Waals surface area contributed by atoms with Crippen LogP contribution in [-0.2, 0) is 0 Å². The maximum absolute atomic E-state index is 12.6. The molecule has 0 spiro atoms. The van der Waals surface area contributed by atoms with E-state index in [0.717, 1.165) is 33.2 Å². The summed E-state index contributed by atoms with van der Waals surface area (Å²) in [5.41, 5.74) is 4.67. The van der Waals surface area contributed by atoms with E-state index in [2.05, 4.69) is 24.9 Å². The van der Waals surface area contributed by atoms with E-state index >= 15 is 0 Å². The molecule has 0 unspecified atom stereocenters. The van der Waals surface area contributed by atoms with Crippen molar-refractivity contribution in [1.29, 1.82) is 0 Å². The zero-order valence-corrected chi connectivity index (χ0v) is 17.6. The zero-order valence-electron chi connectivity index (χ0n) is 17.6. The minimum absolute atomic E-state index is 0.0520. The van der Waals surface area contributed by atoms with E-state index in [0.29, 0.717) is 17.7 Å². The lowest BCUT2D eigenvalue weighted by molar-refractivity contribution is 0.545. The first-order valence-electron chi connectivity index (χ1n) is 10.4. The van der Waals surface area contributed by atoms with Crippen LogP contribution in [0.5, 0.6) is 0 Å². The molecule has 2 N–H and O–H groups in total. The summed E-state index contributed by atoms with van der Waals surface area (Å²) in [6.07, 6.45) is 0. The van der Waals surface area contributed by atoms with Crippen LogP contribution in [0.2, 0.25) is 0 Å². The van der Waals surface area contributed by atoms with Gasteiger partial charge in [0.25, 0.3) is 5.56 Å². The van der Waals surface area contributed by atoms with Crippen LogP contribution < -0.4 is 10.5 Å². The van der Waals surface area contributed by atoms with Gasteiger partial charge in [0, 0.05) is 11.6 Å². The molecule has 6 aromatic rings. The zero-order chi connectivity index (χ0) is 22.4. The second-order valence-electron chi connectivity index (χ2n) is 7.70. The molecular weight excluding hydrogens is 416 g/mol. The van der Waals surface area contributed by atoms with Crippen molar-refractivity contribution in [2.45, 2.75) is 6.92 Å². The third-order valence-corrected chi connectivity index (χ3v) is 5.37. The van der Waals surface area contributed by atoms with Crippen molar-refractivity contribution in [3.8, 4) is 11.3 Å². The van der Waals surface area contributed by atoms with Gasteiger partial charge in [-0.2, -0.15) is 4.98 Å². The number of anilines is 3. The van der Waals surface area contributed by atoms with Crippen molar-refractivity contribution < 1.29 is 4.42 Å². The fourth-order valence-corrected chi connectivity index (χ4v) is 3.72. The number of nitrogens with zero attached hydrogens (tertiary/aromatic N) is 4. The van der Waals surface area contributed by atoms with Crippen LogP contribution >= 0.6 is 0 Å². The molecule has 0 saturated heterocycles. The number of hydrogen-bond donors (Lipinski definition) is 2. The van der Waals surface area contributed by atoms with Crippen LogP contribution in [0.25, 0.3) is 33.4 Å². The number of nitrogens with one attached hydrogen (secondary N) is 2. The third kappa shape index (κ3) is 3.43. The number of aromatic nitrogens is 5. The number of imidazole rings is 2. The number of aromatic amines is 2. The summed E-state index contributed by atoms with van der Waals surface area (Å²) in [4.78, 5) is 34.3. The normalized spacial score (nSPS) is 11.3. The molecule has 8 heteroatoms. The lowest BCUT2D eigenvalue weighted by atomic mass is 10.1. The first-order chi connectivity index (χ1) is 16.1. The van der Waals surface area contributed by atoms with Gasteiger partial charge in [0.1, 0.15) is 5.76 Å². The van der Waals surface area contributed by atoms with Crippen molar-refractivity contribution in [3.05, 3.63) is 94.8 Å². The number of rotatable bonds is 4. The van der Waals surface area contributed by atoms with Gasteiger partial charge < -0.3 is 14.4 Å². The molecule has 0 bridgehead atoms. The fourth-order valence-electron chi connectivity index (χ4n) is 3.72. The van der Waals surface area contributed by atoms with Crippen molar-refractivity contribution in [2.24, 2.45) is 0 Å². The highest BCUT2D eigenvalue weighted by molar-refractivity contribution is 5.83. The Kier molecular flexibility index (Phi) is 4.29. The summed E-state index contributed by atoms with van der Waals surface area (Å²) < 4.78 is 6.14. The highest BCUT2D eigenvalue weighted by Crippen LogP contribution is 2.33. The van der Waals surface area contributed by atoms with Gasteiger partial charge in [-0.1, -0.05) is 54.1 Å². The van der Waals surface area contributed by atoms with Crippen LogP contribution in [0.15, 0.2) is 88.1 Å². The first-order valence-corrected chi connectivity index (χ1v) is 10.4. The Balaban J connectivity index is 1.57. The van der Waals surface area contributed by atoms with E-state index in [-0.39, 0.29) is 6.01 Å². The van der Waals surface area contributed by atoms with Crippen LogP contribution in [0.4, 0.5) is 17.9 Å². The second-order valence-corrected chi connectivity index (χ2v) is 7.70. The average molecular weight is 434 g/mol. The molecule has 33 heavy (non-hydrogen) atoms. The Labute approximate surface area is 187 Å². The molecule has 0 atom stereocenters. The van der Waals surface area contributed by atoms with E-state index in [1.165, 1.54) is 6.07 Å². The number of aryl methyl sites for hydroxylation is 1. The summed E-state index contributed by atoms with van der Waals surface area (Å²) in [6, 6.07) is 24.5. The van der Waals surface area contributed by atoms with Crippen molar-refractivity contribution in [1.82, 2.24) is 24.9 Å². The number of fused-ring (bicyclic) bond motifs is 2. The van der Waals surface area contributed by atoms with E-state index in [1.54, 1.807) is 4.90 Å². The second kappa shape index (κ2) is 7.45. The van der Waals surface area contributed by atoms with Gasteiger partial charge in [0.15, 0.2) is 0 Å². The summed E-state index contributed by atoms with van der Waals surface area (Å²) >= 11 is 0. The van der Waals surface area contributed by atoms with Crippen molar-refractivity contribution in [2.75, 3.05) is 4.90 Å².